The van der Waals surface area contributed by atoms with Crippen LogP contribution in [0.5, 0.6) is 5.75 Å². The maximum absolute atomic E-state index is 11.6. The lowest BCUT2D eigenvalue weighted by Gasteiger charge is -2.09. The zero-order chi connectivity index (χ0) is 12.7. The molecule has 92 valence electrons. The maximum Gasteiger partial charge on any atom is 0.323 e. The summed E-state index contributed by atoms with van der Waals surface area (Å²) < 4.78 is 5.14. The van der Waals surface area contributed by atoms with Gasteiger partial charge in [0.25, 0.3) is 0 Å². The van der Waals surface area contributed by atoms with E-state index >= 15 is 0 Å². The molecule has 0 unspecified atom stereocenters. The number of urea groups is 1. The van der Waals surface area contributed by atoms with Crippen LogP contribution >= 0.6 is 0 Å². The third-order valence-electron chi connectivity index (χ3n) is 2.36. The van der Waals surface area contributed by atoms with E-state index < -0.39 is 0 Å². The molecule has 0 saturated carbocycles. The van der Waals surface area contributed by atoms with E-state index in [9.17, 15) is 4.79 Å². The molecule has 0 aliphatic rings. The largest absolute Gasteiger partial charge is 0.495 e. The quantitative estimate of drug-likeness (QED) is 0.840. The second-order valence-electron chi connectivity index (χ2n) is 3.64. The van der Waals surface area contributed by atoms with Crippen molar-refractivity contribution >= 4 is 11.7 Å². The van der Waals surface area contributed by atoms with Crippen LogP contribution in [-0.2, 0) is 0 Å². The third-order valence-corrected chi connectivity index (χ3v) is 2.36. The van der Waals surface area contributed by atoms with E-state index in [1.54, 1.807) is 25.4 Å². The number of carbonyl (C=O) groups is 1. The van der Waals surface area contributed by atoms with Crippen LogP contribution in [0.15, 0.2) is 36.0 Å². The predicted octanol–water partition coefficient (Wildman–Crippen LogP) is 3.13. The first-order chi connectivity index (χ1) is 8.17. The summed E-state index contributed by atoms with van der Waals surface area (Å²) in [6, 6.07) is 6.99. The van der Waals surface area contributed by atoms with Gasteiger partial charge in [-0.1, -0.05) is 24.6 Å². The third kappa shape index (κ3) is 4.18. The molecule has 2 N–H and O–H groups in total. The first-order valence-electron chi connectivity index (χ1n) is 5.53. The minimum absolute atomic E-state index is 0.276. The van der Waals surface area contributed by atoms with Gasteiger partial charge < -0.3 is 15.4 Å². The minimum atomic E-state index is -0.276. The number of nitrogens with one attached hydrogen (secondary N) is 2. The fourth-order valence-corrected chi connectivity index (χ4v) is 1.20. The number of para-hydroxylation sites is 2. The van der Waals surface area contributed by atoms with Crippen molar-refractivity contribution in [2.75, 3.05) is 12.4 Å². The molecule has 17 heavy (non-hydrogen) atoms. The number of hydrogen-bond acceptors (Lipinski definition) is 2. The summed E-state index contributed by atoms with van der Waals surface area (Å²) in [6.45, 7) is 4.00. The molecule has 0 radical (unpaired) electrons. The molecule has 2 amide bonds. The minimum Gasteiger partial charge on any atom is -0.495 e. The van der Waals surface area contributed by atoms with Crippen molar-refractivity contribution in [3.63, 3.8) is 0 Å². The van der Waals surface area contributed by atoms with Crippen molar-refractivity contribution in [3.05, 3.63) is 36.0 Å². The van der Waals surface area contributed by atoms with Gasteiger partial charge in [-0.05, 0) is 25.5 Å². The Morgan fingerprint density at radius 1 is 1.41 bits per heavy atom. The van der Waals surface area contributed by atoms with Crippen molar-refractivity contribution in [1.82, 2.24) is 5.32 Å². The summed E-state index contributed by atoms with van der Waals surface area (Å²) in [6.07, 6.45) is 2.61. The second kappa shape index (κ2) is 6.58. The highest BCUT2D eigenvalue weighted by Crippen LogP contribution is 2.22. The van der Waals surface area contributed by atoms with E-state index in [1.165, 1.54) is 0 Å². The van der Waals surface area contributed by atoms with Gasteiger partial charge in [-0.25, -0.2) is 4.79 Å². The van der Waals surface area contributed by atoms with Crippen LogP contribution in [0.3, 0.4) is 0 Å². The van der Waals surface area contributed by atoms with E-state index in [2.05, 4.69) is 10.6 Å². The van der Waals surface area contributed by atoms with Gasteiger partial charge in [-0.3, -0.25) is 0 Å². The second-order valence-corrected chi connectivity index (χ2v) is 3.64. The van der Waals surface area contributed by atoms with Crippen LogP contribution in [0.4, 0.5) is 10.5 Å². The average Bonchev–Trinajstić information content (AvgIpc) is 2.36. The number of anilines is 1. The van der Waals surface area contributed by atoms with Crippen LogP contribution < -0.4 is 15.4 Å². The molecular weight excluding hydrogens is 216 g/mol. The summed E-state index contributed by atoms with van der Waals surface area (Å²) in [7, 11) is 1.57. The van der Waals surface area contributed by atoms with Crippen molar-refractivity contribution in [3.8, 4) is 5.75 Å². The Labute approximate surface area is 102 Å². The zero-order valence-corrected chi connectivity index (χ0v) is 10.4. The van der Waals surface area contributed by atoms with Crippen molar-refractivity contribution in [2.24, 2.45) is 0 Å². The zero-order valence-electron chi connectivity index (χ0n) is 10.4. The number of carbonyl (C=O) groups excluding carboxylic acids is 1. The summed E-state index contributed by atoms with van der Waals surface area (Å²) in [5.41, 5.74) is 1.76. The lowest BCUT2D eigenvalue weighted by Crippen LogP contribution is -2.24. The smallest absolute Gasteiger partial charge is 0.323 e. The Balaban J connectivity index is 2.62. The van der Waals surface area contributed by atoms with E-state index in [-0.39, 0.29) is 6.03 Å². The number of ether oxygens (including phenoxy) is 1. The number of allylic oxidation sites excluding steroid dienone is 1. The average molecular weight is 234 g/mol. The van der Waals surface area contributed by atoms with E-state index in [4.69, 9.17) is 4.74 Å². The summed E-state index contributed by atoms with van der Waals surface area (Å²) in [5, 5.41) is 5.39. The Hall–Kier alpha value is -1.97. The molecule has 1 rings (SSSR count). The Morgan fingerprint density at radius 3 is 2.76 bits per heavy atom. The van der Waals surface area contributed by atoms with Gasteiger partial charge in [0.2, 0.25) is 0 Å². The maximum atomic E-state index is 11.6. The van der Waals surface area contributed by atoms with Gasteiger partial charge in [0.1, 0.15) is 5.75 Å². The molecule has 0 atom stereocenters. The van der Waals surface area contributed by atoms with Crippen LogP contribution in [0.25, 0.3) is 0 Å². The molecule has 0 spiro atoms. The number of amides is 2. The number of methoxy groups -OCH3 is 1. The molecule has 0 saturated heterocycles. The topological polar surface area (TPSA) is 50.4 Å². The van der Waals surface area contributed by atoms with E-state index in [0.717, 1.165) is 12.0 Å². The lowest BCUT2D eigenvalue weighted by atomic mass is 10.2. The predicted molar refractivity (Wildman–Crippen MR) is 69.2 cm³/mol. The van der Waals surface area contributed by atoms with E-state index in [1.807, 2.05) is 26.0 Å². The van der Waals surface area contributed by atoms with Crippen LogP contribution in [0.1, 0.15) is 20.3 Å². The Kier molecular flexibility index (Phi) is 5.07. The van der Waals surface area contributed by atoms with Crippen molar-refractivity contribution in [2.45, 2.75) is 20.3 Å². The highest BCUT2D eigenvalue weighted by Gasteiger charge is 2.04. The van der Waals surface area contributed by atoms with Crippen LogP contribution in [0, 0.1) is 0 Å². The molecule has 0 aliphatic carbocycles. The molecule has 0 heterocycles. The SMILES string of the molecule is CC/C(C)=C/NC(=O)Nc1ccccc1OC. The van der Waals surface area contributed by atoms with E-state index in [0.29, 0.717) is 11.4 Å². The van der Waals surface area contributed by atoms with Gasteiger partial charge in [-0.15, -0.1) is 0 Å². The monoisotopic (exact) mass is 234 g/mol. The highest BCUT2D eigenvalue weighted by molar-refractivity contribution is 5.91. The normalized spacial score (nSPS) is 10.9. The summed E-state index contributed by atoms with van der Waals surface area (Å²) in [4.78, 5) is 11.6. The fraction of sp³-hybridized carbons (Fsp3) is 0.308. The first kappa shape index (κ1) is 13.1. The van der Waals surface area contributed by atoms with Crippen molar-refractivity contribution < 1.29 is 9.53 Å². The molecule has 0 aliphatic heterocycles. The first-order valence-corrected chi connectivity index (χ1v) is 5.53. The molecule has 0 fully saturated rings. The molecule has 4 heteroatoms. The van der Waals surface area contributed by atoms with Crippen LogP contribution in [-0.4, -0.2) is 13.1 Å². The fourth-order valence-electron chi connectivity index (χ4n) is 1.20. The molecule has 0 bridgehead atoms. The van der Waals surface area contributed by atoms with Gasteiger partial charge in [0.15, 0.2) is 0 Å². The molecular formula is C13H18N2O2. The summed E-state index contributed by atoms with van der Waals surface area (Å²) >= 11 is 0. The van der Waals surface area contributed by atoms with Crippen molar-refractivity contribution in [1.29, 1.82) is 0 Å². The van der Waals surface area contributed by atoms with Gasteiger partial charge >= 0.3 is 6.03 Å². The number of benzene rings is 1. The molecule has 1 aromatic rings. The van der Waals surface area contributed by atoms with Gasteiger partial charge in [0, 0.05) is 6.20 Å². The lowest BCUT2D eigenvalue weighted by molar-refractivity contribution is 0.255. The Bertz CT molecular complexity index is 414. The van der Waals surface area contributed by atoms with Gasteiger partial charge in [0.05, 0.1) is 12.8 Å². The molecule has 1 aromatic carbocycles. The number of rotatable bonds is 4. The van der Waals surface area contributed by atoms with Crippen LogP contribution in [0.2, 0.25) is 0 Å². The molecule has 0 aromatic heterocycles. The van der Waals surface area contributed by atoms with Gasteiger partial charge in [-0.2, -0.15) is 0 Å². The molecule has 4 nitrogen and oxygen atoms in total. The summed E-state index contributed by atoms with van der Waals surface area (Å²) in [5.74, 6) is 0.638. The standard InChI is InChI=1S/C13H18N2O2/c1-4-10(2)9-14-13(16)15-11-7-5-6-8-12(11)17-3/h5-9H,4H2,1-3H3,(H2,14,15,16)/b10-9+. The number of hydrogen-bond donors (Lipinski definition) is 2. The Morgan fingerprint density at radius 2 is 2.12 bits per heavy atom. The highest BCUT2D eigenvalue weighted by atomic mass is 16.5.